The number of rotatable bonds is 3. The van der Waals surface area contributed by atoms with E-state index in [0.29, 0.717) is 6.04 Å². The molecule has 2 rings (SSSR count). The number of hydrogen-bond donors (Lipinski definition) is 1. The molecule has 1 heterocycles. The molecule has 0 radical (unpaired) electrons. The van der Waals surface area contributed by atoms with Gasteiger partial charge in [-0.25, -0.2) is 0 Å². The average molecular weight is 190 g/mol. The van der Waals surface area contributed by atoms with Gasteiger partial charge in [0.2, 0.25) is 0 Å². The van der Waals surface area contributed by atoms with Gasteiger partial charge in [-0.2, -0.15) is 0 Å². The van der Waals surface area contributed by atoms with Crippen molar-refractivity contribution in [2.75, 3.05) is 13.1 Å². The van der Waals surface area contributed by atoms with Crippen molar-refractivity contribution in [2.24, 2.45) is 5.73 Å². The van der Waals surface area contributed by atoms with Crippen LogP contribution in [0.15, 0.2) is 24.3 Å². The van der Waals surface area contributed by atoms with Crippen LogP contribution >= 0.6 is 0 Å². The average Bonchev–Trinajstić information content (AvgIpc) is 2.14. The summed E-state index contributed by atoms with van der Waals surface area (Å²) in [6.07, 6.45) is 1.27. The van der Waals surface area contributed by atoms with Gasteiger partial charge < -0.3 is 5.73 Å². The van der Waals surface area contributed by atoms with E-state index in [1.807, 2.05) is 0 Å². The van der Waals surface area contributed by atoms with Crippen molar-refractivity contribution in [1.29, 1.82) is 0 Å². The Morgan fingerprint density at radius 2 is 2.36 bits per heavy atom. The zero-order chi connectivity index (χ0) is 9.97. The standard InChI is InChI=1S/C12H18N2/c1-10-3-2-4-11(7-10)9-14-6-5-12(14)8-13/h2-4,7,12H,5-6,8-9,13H2,1H3. The van der Waals surface area contributed by atoms with Gasteiger partial charge in [-0.3, -0.25) is 4.90 Å². The second-order valence-corrected chi connectivity index (χ2v) is 4.14. The predicted molar refractivity (Wildman–Crippen MR) is 59.0 cm³/mol. The molecule has 0 spiro atoms. The molecule has 1 aliphatic heterocycles. The van der Waals surface area contributed by atoms with Crippen LogP contribution in [-0.2, 0) is 6.54 Å². The third-order valence-corrected chi connectivity index (χ3v) is 3.01. The number of likely N-dealkylation sites (tertiary alicyclic amines) is 1. The van der Waals surface area contributed by atoms with Gasteiger partial charge in [-0.15, -0.1) is 0 Å². The van der Waals surface area contributed by atoms with Gasteiger partial charge in [0.15, 0.2) is 0 Å². The second kappa shape index (κ2) is 4.11. The van der Waals surface area contributed by atoms with E-state index in [1.165, 1.54) is 24.1 Å². The highest BCUT2D eigenvalue weighted by Gasteiger charge is 2.25. The largest absolute Gasteiger partial charge is 0.329 e. The molecule has 0 saturated carbocycles. The van der Waals surface area contributed by atoms with Gasteiger partial charge in [-0.05, 0) is 18.9 Å². The lowest BCUT2D eigenvalue weighted by Crippen LogP contribution is -2.50. The van der Waals surface area contributed by atoms with Gasteiger partial charge in [0, 0.05) is 25.7 Å². The first-order valence-electron chi connectivity index (χ1n) is 5.29. The summed E-state index contributed by atoms with van der Waals surface area (Å²) in [5.41, 5.74) is 8.41. The molecule has 1 aromatic rings. The number of aryl methyl sites for hydroxylation is 1. The molecule has 0 aromatic heterocycles. The Hall–Kier alpha value is -0.860. The molecule has 76 valence electrons. The zero-order valence-electron chi connectivity index (χ0n) is 8.74. The molecular weight excluding hydrogens is 172 g/mol. The highest BCUT2D eigenvalue weighted by Crippen LogP contribution is 2.19. The van der Waals surface area contributed by atoms with Gasteiger partial charge in [0.05, 0.1) is 0 Å². The SMILES string of the molecule is Cc1cccc(CN2CCC2CN)c1. The summed E-state index contributed by atoms with van der Waals surface area (Å²) in [5.74, 6) is 0. The van der Waals surface area contributed by atoms with Crippen LogP contribution in [0.3, 0.4) is 0 Å². The fourth-order valence-electron chi connectivity index (χ4n) is 2.01. The van der Waals surface area contributed by atoms with Gasteiger partial charge in [0.1, 0.15) is 0 Å². The Morgan fingerprint density at radius 1 is 1.50 bits per heavy atom. The van der Waals surface area contributed by atoms with E-state index in [0.717, 1.165) is 13.1 Å². The van der Waals surface area contributed by atoms with Crippen molar-refractivity contribution < 1.29 is 0 Å². The smallest absolute Gasteiger partial charge is 0.0237 e. The van der Waals surface area contributed by atoms with Crippen molar-refractivity contribution in [2.45, 2.75) is 25.9 Å². The van der Waals surface area contributed by atoms with Crippen LogP contribution in [0.1, 0.15) is 17.5 Å². The quantitative estimate of drug-likeness (QED) is 0.783. The van der Waals surface area contributed by atoms with Crippen LogP contribution < -0.4 is 5.73 Å². The van der Waals surface area contributed by atoms with E-state index < -0.39 is 0 Å². The Morgan fingerprint density at radius 3 is 2.93 bits per heavy atom. The van der Waals surface area contributed by atoms with E-state index in [-0.39, 0.29) is 0 Å². The molecule has 1 atom stereocenters. The summed E-state index contributed by atoms with van der Waals surface area (Å²) in [5, 5.41) is 0. The lowest BCUT2D eigenvalue weighted by Gasteiger charge is -2.40. The second-order valence-electron chi connectivity index (χ2n) is 4.14. The summed E-state index contributed by atoms with van der Waals surface area (Å²) in [6.45, 7) is 5.20. The highest BCUT2D eigenvalue weighted by atomic mass is 15.2. The summed E-state index contributed by atoms with van der Waals surface area (Å²) in [4.78, 5) is 2.45. The monoisotopic (exact) mass is 190 g/mol. The number of benzene rings is 1. The molecule has 1 aliphatic rings. The number of nitrogens with zero attached hydrogens (tertiary/aromatic N) is 1. The van der Waals surface area contributed by atoms with Crippen LogP contribution in [0.5, 0.6) is 0 Å². The van der Waals surface area contributed by atoms with Crippen LogP contribution in [-0.4, -0.2) is 24.0 Å². The molecular formula is C12H18N2. The molecule has 0 aliphatic carbocycles. The van der Waals surface area contributed by atoms with E-state index in [4.69, 9.17) is 5.73 Å². The Kier molecular flexibility index (Phi) is 2.85. The van der Waals surface area contributed by atoms with E-state index in [2.05, 4.69) is 36.1 Å². The molecule has 1 aromatic carbocycles. The molecule has 0 bridgehead atoms. The molecule has 2 nitrogen and oxygen atoms in total. The maximum Gasteiger partial charge on any atom is 0.0237 e. The molecule has 2 N–H and O–H groups in total. The molecule has 0 amide bonds. The van der Waals surface area contributed by atoms with Crippen LogP contribution in [0, 0.1) is 6.92 Å². The topological polar surface area (TPSA) is 29.3 Å². The maximum atomic E-state index is 5.67. The van der Waals surface area contributed by atoms with Gasteiger partial charge in [-0.1, -0.05) is 29.8 Å². The zero-order valence-corrected chi connectivity index (χ0v) is 8.74. The highest BCUT2D eigenvalue weighted by molar-refractivity contribution is 5.22. The van der Waals surface area contributed by atoms with Crippen molar-refractivity contribution in [3.63, 3.8) is 0 Å². The maximum absolute atomic E-state index is 5.67. The minimum atomic E-state index is 0.621. The third kappa shape index (κ3) is 1.97. The van der Waals surface area contributed by atoms with E-state index >= 15 is 0 Å². The van der Waals surface area contributed by atoms with Gasteiger partial charge >= 0.3 is 0 Å². The first-order valence-corrected chi connectivity index (χ1v) is 5.29. The van der Waals surface area contributed by atoms with Crippen molar-refractivity contribution in [3.05, 3.63) is 35.4 Å². The summed E-state index contributed by atoms with van der Waals surface area (Å²) in [7, 11) is 0. The van der Waals surface area contributed by atoms with Crippen molar-refractivity contribution >= 4 is 0 Å². The van der Waals surface area contributed by atoms with Crippen molar-refractivity contribution in [1.82, 2.24) is 4.90 Å². The first-order chi connectivity index (χ1) is 6.79. The van der Waals surface area contributed by atoms with E-state index in [1.54, 1.807) is 0 Å². The van der Waals surface area contributed by atoms with Crippen LogP contribution in [0.2, 0.25) is 0 Å². The van der Waals surface area contributed by atoms with E-state index in [9.17, 15) is 0 Å². The summed E-state index contributed by atoms with van der Waals surface area (Å²) in [6, 6.07) is 9.34. The lowest BCUT2D eigenvalue weighted by atomic mass is 10.0. The molecule has 14 heavy (non-hydrogen) atoms. The molecule has 1 saturated heterocycles. The predicted octanol–water partition coefficient (Wildman–Crippen LogP) is 1.53. The summed E-state index contributed by atoms with van der Waals surface area (Å²) < 4.78 is 0. The van der Waals surface area contributed by atoms with Gasteiger partial charge in [0.25, 0.3) is 0 Å². The Balaban J connectivity index is 1.97. The third-order valence-electron chi connectivity index (χ3n) is 3.01. The molecule has 2 heteroatoms. The number of hydrogen-bond acceptors (Lipinski definition) is 2. The molecule has 1 fully saturated rings. The normalized spacial score (nSPS) is 22.0. The van der Waals surface area contributed by atoms with Crippen LogP contribution in [0.25, 0.3) is 0 Å². The number of nitrogens with two attached hydrogens (primary N) is 1. The van der Waals surface area contributed by atoms with Crippen molar-refractivity contribution in [3.8, 4) is 0 Å². The minimum absolute atomic E-state index is 0.621. The van der Waals surface area contributed by atoms with Crippen LogP contribution in [0.4, 0.5) is 0 Å². The minimum Gasteiger partial charge on any atom is -0.329 e. The Labute approximate surface area is 85.7 Å². The molecule has 1 unspecified atom stereocenters. The summed E-state index contributed by atoms with van der Waals surface area (Å²) >= 11 is 0. The fraction of sp³-hybridized carbons (Fsp3) is 0.500. The Bertz CT molecular complexity index is 307. The fourth-order valence-corrected chi connectivity index (χ4v) is 2.01. The first kappa shape index (κ1) is 9.69. The lowest BCUT2D eigenvalue weighted by molar-refractivity contribution is 0.0882.